The summed E-state index contributed by atoms with van der Waals surface area (Å²) in [5.41, 5.74) is 6.38. The summed E-state index contributed by atoms with van der Waals surface area (Å²) >= 11 is 0. The monoisotopic (exact) mass is 247 g/mol. The van der Waals surface area contributed by atoms with Gasteiger partial charge < -0.3 is 10.3 Å². The van der Waals surface area contributed by atoms with Crippen LogP contribution in [-0.2, 0) is 0 Å². The Morgan fingerprint density at radius 3 is 2.89 bits per heavy atom. The summed E-state index contributed by atoms with van der Waals surface area (Å²) in [6.45, 7) is 4.44. The van der Waals surface area contributed by atoms with Crippen LogP contribution in [0.5, 0.6) is 0 Å². The third kappa shape index (κ3) is 2.70. The Morgan fingerprint density at radius 2 is 2.22 bits per heavy atom. The fraction of sp³-hybridized carbons (Fsp3) is 0.500. The zero-order valence-electron chi connectivity index (χ0n) is 10.6. The number of nitrogens with two attached hydrogens (primary N) is 1. The van der Waals surface area contributed by atoms with Gasteiger partial charge in [0.05, 0.1) is 5.92 Å². The van der Waals surface area contributed by atoms with Crippen molar-refractivity contribution in [2.75, 3.05) is 6.54 Å². The molecule has 0 aliphatic carbocycles. The molecule has 6 nitrogen and oxygen atoms in total. The van der Waals surface area contributed by atoms with E-state index in [0.29, 0.717) is 29.8 Å². The molecule has 0 saturated carbocycles. The zero-order valence-corrected chi connectivity index (χ0v) is 10.6. The van der Waals surface area contributed by atoms with Crippen molar-refractivity contribution in [1.82, 2.24) is 20.1 Å². The minimum absolute atomic E-state index is 0.124. The van der Waals surface area contributed by atoms with Gasteiger partial charge in [0.15, 0.2) is 0 Å². The molecule has 2 rings (SSSR count). The quantitative estimate of drug-likeness (QED) is 0.864. The maximum atomic E-state index is 5.71. The lowest BCUT2D eigenvalue weighted by atomic mass is 10.0. The van der Waals surface area contributed by atoms with Crippen molar-refractivity contribution in [1.29, 1.82) is 0 Å². The number of rotatable bonds is 5. The Hall–Kier alpha value is -1.82. The highest BCUT2D eigenvalue weighted by Crippen LogP contribution is 2.21. The molecule has 0 aromatic carbocycles. The number of hydrogen-bond donors (Lipinski definition) is 1. The van der Waals surface area contributed by atoms with Crippen molar-refractivity contribution in [2.45, 2.75) is 32.6 Å². The van der Waals surface area contributed by atoms with E-state index < -0.39 is 0 Å². The highest BCUT2D eigenvalue weighted by molar-refractivity contribution is 5.47. The maximum Gasteiger partial charge on any atom is 0.231 e. The molecule has 96 valence electrons. The van der Waals surface area contributed by atoms with Gasteiger partial charge in [-0.2, -0.15) is 4.98 Å². The van der Waals surface area contributed by atoms with Crippen molar-refractivity contribution in [3.8, 4) is 11.5 Å². The first-order chi connectivity index (χ1) is 8.74. The predicted molar refractivity (Wildman–Crippen MR) is 66.8 cm³/mol. The molecule has 2 N–H and O–H groups in total. The molecule has 0 aliphatic rings. The molecule has 2 aromatic heterocycles. The van der Waals surface area contributed by atoms with Gasteiger partial charge in [-0.05, 0) is 19.4 Å². The average molecular weight is 247 g/mol. The zero-order chi connectivity index (χ0) is 13.0. The summed E-state index contributed by atoms with van der Waals surface area (Å²) in [7, 11) is 0. The van der Waals surface area contributed by atoms with E-state index in [0.717, 1.165) is 12.8 Å². The van der Waals surface area contributed by atoms with E-state index in [-0.39, 0.29) is 5.92 Å². The topological polar surface area (TPSA) is 90.7 Å². The van der Waals surface area contributed by atoms with Gasteiger partial charge in [0.1, 0.15) is 11.5 Å². The van der Waals surface area contributed by atoms with Crippen molar-refractivity contribution >= 4 is 0 Å². The molecule has 6 heteroatoms. The van der Waals surface area contributed by atoms with Gasteiger partial charge in [-0.25, -0.2) is 9.97 Å². The molecule has 1 atom stereocenters. The Kier molecular flexibility index (Phi) is 3.99. The lowest BCUT2D eigenvalue weighted by Crippen LogP contribution is -2.12. The van der Waals surface area contributed by atoms with Crippen molar-refractivity contribution in [3.63, 3.8) is 0 Å². The standard InChI is InChI=1S/C12H17N5O/c1-3-4-9(7-13)12-16-11(17-18-12)10-5-6-14-8(2)15-10/h5-6,9H,3-4,7,13H2,1-2H3. The van der Waals surface area contributed by atoms with Gasteiger partial charge in [0.25, 0.3) is 0 Å². The Balaban J connectivity index is 2.24. The predicted octanol–water partition coefficient (Wildman–Crippen LogP) is 1.68. The summed E-state index contributed by atoms with van der Waals surface area (Å²) in [4.78, 5) is 12.7. The molecule has 0 fully saturated rings. The molecule has 1 unspecified atom stereocenters. The minimum Gasteiger partial charge on any atom is -0.339 e. The van der Waals surface area contributed by atoms with E-state index in [9.17, 15) is 0 Å². The molecule has 0 aliphatic heterocycles. The van der Waals surface area contributed by atoms with Crippen LogP contribution in [0.25, 0.3) is 11.5 Å². The second-order valence-electron chi connectivity index (χ2n) is 4.17. The van der Waals surface area contributed by atoms with Crippen molar-refractivity contribution in [2.24, 2.45) is 5.73 Å². The van der Waals surface area contributed by atoms with Gasteiger partial charge in [-0.3, -0.25) is 0 Å². The van der Waals surface area contributed by atoms with Gasteiger partial charge >= 0.3 is 0 Å². The molecule has 0 radical (unpaired) electrons. The van der Waals surface area contributed by atoms with Gasteiger partial charge in [0, 0.05) is 12.7 Å². The minimum atomic E-state index is 0.124. The lowest BCUT2D eigenvalue weighted by Gasteiger charge is -2.06. The molecule has 2 heterocycles. The van der Waals surface area contributed by atoms with Crippen LogP contribution < -0.4 is 5.73 Å². The van der Waals surface area contributed by atoms with Crippen molar-refractivity contribution < 1.29 is 4.52 Å². The smallest absolute Gasteiger partial charge is 0.231 e. The van der Waals surface area contributed by atoms with E-state index in [4.69, 9.17) is 10.3 Å². The first-order valence-corrected chi connectivity index (χ1v) is 6.08. The van der Waals surface area contributed by atoms with Crippen LogP contribution in [0.4, 0.5) is 0 Å². The number of hydrogen-bond acceptors (Lipinski definition) is 6. The van der Waals surface area contributed by atoms with Crippen LogP contribution in [0, 0.1) is 6.92 Å². The largest absolute Gasteiger partial charge is 0.339 e. The van der Waals surface area contributed by atoms with Crippen LogP contribution in [0.3, 0.4) is 0 Å². The number of nitrogens with zero attached hydrogens (tertiary/aromatic N) is 4. The molecule has 2 aromatic rings. The highest BCUT2D eigenvalue weighted by atomic mass is 16.5. The molecular weight excluding hydrogens is 230 g/mol. The third-order valence-electron chi connectivity index (χ3n) is 2.72. The van der Waals surface area contributed by atoms with E-state index in [1.807, 2.05) is 6.92 Å². The Labute approximate surface area is 106 Å². The fourth-order valence-corrected chi connectivity index (χ4v) is 1.78. The Bertz CT molecular complexity index is 511. The first kappa shape index (κ1) is 12.6. The Morgan fingerprint density at radius 1 is 1.39 bits per heavy atom. The van der Waals surface area contributed by atoms with E-state index >= 15 is 0 Å². The fourth-order valence-electron chi connectivity index (χ4n) is 1.78. The summed E-state index contributed by atoms with van der Waals surface area (Å²) in [6.07, 6.45) is 3.66. The first-order valence-electron chi connectivity index (χ1n) is 6.08. The lowest BCUT2D eigenvalue weighted by molar-refractivity contribution is 0.347. The molecular formula is C12H17N5O. The summed E-state index contributed by atoms with van der Waals surface area (Å²) in [5, 5.41) is 3.95. The SMILES string of the molecule is CCCC(CN)c1nc(-c2ccnc(C)n2)no1. The molecule has 0 saturated heterocycles. The summed E-state index contributed by atoms with van der Waals surface area (Å²) < 4.78 is 5.26. The molecule has 0 spiro atoms. The number of aromatic nitrogens is 4. The highest BCUT2D eigenvalue weighted by Gasteiger charge is 2.18. The van der Waals surface area contributed by atoms with Gasteiger partial charge in [-0.1, -0.05) is 18.5 Å². The maximum absolute atomic E-state index is 5.71. The number of aryl methyl sites for hydroxylation is 1. The van der Waals surface area contributed by atoms with Crippen LogP contribution >= 0.6 is 0 Å². The van der Waals surface area contributed by atoms with E-state index in [1.165, 1.54) is 0 Å². The molecule has 0 bridgehead atoms. The summed E-state index contributed by atoms with van der Waals surface area (Å²) in [6, 6.07) is 1.76. The van der Waals surface area contributed by atoms with Crippen molar-refractivity contribution in [3.05, 3.63) is 24.0 Å². The van der Waals surface area contributed by atoms with Gasteiger partial charge in [-0.15, -0.1) is 0 Å². The van der Waals surface area contributed by atoms with Crippen LogP contribution in [-0.4, -0.2) is 26.7 Å². The summed E-state index contributed by atoms with van der Waals surface area (Å²) in [5.74, 6) is 1.89. The van der Waals surface area contributed by atoms with Crippen LogP contribution in [0.15, 0.2) is 16.8 Å². The molecule has 18 heavy (non-hydrogen) atoms. The van der Waals surface area contributed by atoms with Crippen LogP contribution in [0.1, 0.15) is 37.4 Å². The third-order valence-corrected chi connectivity index (χ3v) is 2.72. The average Bonchev–Trinajstić information content (AvgIpc) is 2.85. The van der Waals surface area contributed by atoms with E-state index in [1.54, 1.807) is 12.3 Å². The second-order valence-corrected chi connectivity index (χ2v) is 4.17. The van der Waals surface area contributed by atoms with Crippen LogP contribution in [0.2, 0.25) is 0 Å². The van der Waals surface area contributed by atoms with Gasteiger partial charge in [0.2, 0.25) is 11.7 Å². The van der Waals surface area contributed by atoms with E-state index in [2.05, 4.69) is 27.0 Å². The molecule has 0 amide bonds. The second kappa shape index (κ2) is 5.68. The normalized spacial score (nSPS) is 12.6.